The molecule has 0 aliphatic rings. The number of ether oxygens (including phenoxy) is 2. The van der Waals surface area contributed by atoms with E-state index in [1.54, 1.807) is 0 Å². The Hall–Kier alpha value is -1.96. The Kier molecular flexibility index (Phi) is 7.77. The van der Waals surface area contributed by atoms with E-state index >= 15 is 0 Å². The molecule has 0 spiro atoms. The van der Waals surface area contributed by atoms with Gasteiger partial charge in [0, 0.05) is 5.41 Å². The largest absolute Gasteiger partial charge is 0.494 e. The molecule has 0 heterocycles. The van der Waals surface area contributed by atoms with Crippen LogP contribution in [0, 0.1) is 11.8 Å². The van der Waals surface area contributed by atoms with E-state index in [9.17, 15) is 0 Å². The average molecular weight is 369 g/mol. The van der Waals surface area contributed by atoms with Gasteiger partial charge in [-0.15, -0.1) is 0 Å². The molecule has 2 aromatic carbocycles. The minimum absolute atomic E-state index is 0.0626. The first-order chi connectivity index (χ1) is 12.8. The van der Waals surface area contributed by atoms with Crippen molar-refractivity contribution in [1.82, 2.24) is 0 Å². The highest BCUT2D eigenvalue weighted by Gasteiger charge is 2.23. The van der Waals surface area contributed by atoms with E-state index in [2.05, 4.69) is 90.1 Å². The Labute approximate surface area is 165 Å². The summed E-state index contributed by atoms with van der Waals surface area (Å²) in [5.41, 5.74) is 2.51. The summed E-state index contributed by atoms with van der Waals surface area (Å²) >= 11 is 0. The predicted molar refractivity (Wildman–Crippen MR) is 115 cm³/mol. The van der Waals surface area contributed by atoms with Crippen LogP contribution in [0.25, 0.3) is 0 Å². The van der Waals surface area contributed by atoms with E-state index in [1.165, 1.54) is 11.1 Å². The fourth-order valence-corrected chi connectivity index (χ4v) is 2.93. The first-order valence-corrected chi connectivity index (χ1v) is 10.3. The van der Waals surface area contributed by atoms with Crippen LogP contribution in [0.2, 0.25) is 0 Å². The Morgan fingerprint density at radius 2 is 0.963 bits per heavy atom. The summed E-state index contributed by atoms with van der Waals surface area (Å²) in [5, 5.41) is 0. The lowest BCUT2D eigenvalue weighted by Gasteiger charge is -2.26. The molecule has 2 aromatic rings. The van der Waals surface area contributed by atoms with E-state index in [4.69, 9.17) is 9.47 Å². The van der Waals surface area contributed by atoms with Crippen LogP contribution in [-0.2, 0) is 5.41 Å². The third kappa shape index (κ3) is 6.61. The van der Waals surface area contributed by atoms with Crippen LogP contribution in [0.15, 0.2) is 48.5 Å². The smallest absolute Gasteiger partial charge is 0.119 e. The van der Waals surface area contributed by atoms with Crippen molar-refractivity contribution in [2.24, 2.45) is 11.8 Å². The molecule has 0 fully saturated rings. The van der Waals surface area contributed by atoms with E-state index in [0.717, 1.165) is 37.6 Å². The van der Waals surface area contributed by atoms with Gasteiger partial charge in [0.1, 0.15) is 11.5 Å². The summed E-state index contributed by atoms with van der Waals surface area (Å²) in [7, 11) is 0. The minimum Gasteiger partial charge on any atom is -0.494 e. The van der Waals surface area contributed by atoms with Crippen molar-refractivity contribution >= 4 is 0 Å². The van der Waals surface area contributed by atoms with Crippen LogP contribution >= 0.6 is 0 Å². The van der Waals surface area contributed by atoms with Crippen molar-refractivity contribution in [2.45, 2.75) is 59.8 Å². The van der Waals surface area contributed by atoms with E-state index in [-0.39, 0.29) is 5.41 Å². The van der Waals surface area contributed by atoms with Crippen LogP contribution in [0.1, 0.15) is 65.5 Å². The Balaban J connectivity index is 2.00. The van der Waals surface area contributed by atoms with Gasteiger partial charge in [-0.05, 0) is 60.1 Å². The zero-order valence-corrected chi connectivity index (χ0v) is 17.9. The number of hydrogen-bond acceptors (Lipinski definition) is 2. The molecule has 0 aliphatic heterocycles. The topological polar surface area (TPSA) is 18.5 Å². The molecule has 0 bridgehead atoms. The van der Waals surface area contributed by atoms with Crippen molar-refractivity contribution < 1.29 is 9.47 Å². The summed E-state index contributed by atoms with van der Waals surface area (Å²) in [6, 6.07) is 17.0. The van der Waals surface area contributed by atoms with Gasteiger partial charge in [-0.1, -0.05) is 65.8 Å². The molecule has 0 radical (unpaired) electrons. The molecule has 2 rings (SSSR count). The predicted octanol–water partition coefficient (Wildman–Crippen LogP) is 6.86. The van der Waals surface area contributed by atoms with Crippen LogP contribution in [-0.4, -0.2) is 13.2 Å². The quantitative estimate of drug-likeness (QED) is 0.456. The van der Waals surface area contributed by atoms with Gasteiger partial charge >= 0.3 is 0 Å². The van der Waals surface area contributed by atoms with Gasteiger partial charge in [0.15, 0.2) is 0 Å². The zero-order chi connectivity index (χ0) is 19.9. The maximum absolute atomic E-state index is 5.84. The molecular formula is C25H36O2. The van der Waals surface area contributed by atoms with Crippen LogP contribution < -0.4 is 9.47 Å². The first-order valence-electron chi connectivity index (χ1n) is 10.3. The second kappa shape index (κ2) is 9.82. The highest BCUT2D eigenvalue weighted by molar-refractivity contribution is 5.41. The Morgan fingerprint density at radius 3 is 1.26 bits per heavy atom. The molecule has 0 N–H and O–H groups in total. The monoisotopic (exact) mass is 368 g/mol. The van der Waals surface area contributed by atoms with E-state index in [1.807, 2.05) is 0 Å². The number of hydrogen-bond donors (Lipinski definition) is 0. The van der Waals surface area contributed by atoms with Gasteiger partial charge in [0.2, 0.25) is 0 Å². The molecule has 0 saturated carbocycles. The van der Waals surface area contributed by atoms with Gasteiger partial charge in [-0.3, -0.25) is 0 Å². The van der Waals surface area contributed by atoms with Gasteiger partial charge < -0.3 is 9.47 Å². The van der Waals surface area contributed by atoms with E-state index < -0.39 is 0 Å². The molecule has 0 amide bonds. The van der Waals surface area contributed by atoms with E-state index in [0.29, 0.717) is 11.8 Å². The highest BCUT2D eigenvalue weighted by atomic mass is 16.5. The third-order valence-electron chi connectivity index (χ3n) is 5.08. The van der Waals surface area contributed by atoms with Crippen molar-refractivity contribution in [3.63, 3.8) is 0 Å². The Bertz CT molecular complexity index is 607. The average Bonchev–Trinajstić information content (AvgIpc) is 2.62. The first kappa shape index (κ1) is 21.3. The molecular weight excluding hydrogens is 332 g/mol. The molecule has 0 unspecified atom stereocenters. The molecule has 27 heavy (non-hydrogen) atoms. The Morgan fingerprint density at radius 1 is 0.630 bits per heavy atom. The summed E-state index contributed by atoms with van der Waals surface area (Å²) in [6.07, 6.45) is 2.16. The van der Waals surface area contributed by atoms with Gasteiger partial charge in [0.25, 0.3) is 0 Å². The third-order valence-corrected chi connectivity index (χ3v) is 5.08. The van der Waals surface area contributed by atoms with Crippen molar-refractivity contribution in [1.29, 1.82) is 0 Å². The SMILES string of the molecule is CC(C)CCOc1ccc(C(C)(C)c2ccc(OCCC(C)C)cc2)cc1. The lowest BCUT2D eigenvalue weighted by atomic mass is 9.78. The van der Waals surface area contributed by atoms with Gasteiger partial charge in [-0.2, -0.15) is 0 Å². The van der Waals surface area contributed by atoms with Crippen molar-refractivity contribution in [3.8, 4) is 11.5 Å². The molecule has 0 saturated heterocycles. The zero-order valence-electron chi connectivity index (χ0n) is 17.9. The molecule has 148 valence electrons. The molecule has 0 aromatic heterocycles. The second-order valence-electron chi connectivity index (χ2n) is 8.74. The van der Waals surface area contributed by atoms with Gasteiger partial charge in [-0.25, -0.2) is 0 Å². The molecule has 0 atom stereocenters. The number of benzene rings is 2. The van der Waals surface area contributed by atoms with Crippen LogP contribution in [0.3, 0.4) is 0 Å². The highest BCUT2D eigenvalue weighted by Crippen LogP contribution is 2.33. The van der Waals surface area contributed by atoms with Crippen LogP contribution in [0.5, 0.6) is 11.5 Å². The second-order valence-corrected chi connectivity index (χ2v) is 8.74. The lowest BCUT2D eigenvalue weighted by Crippen LogP contribution is -2.18. The summed E-state index contributed by atoms with van der Waals surface area (Å²) in [4.78, 5) is 0. The summed E-state index contributed by atoms with van der Waals surface area (Å²) in [6.45, 7) is 14.9. The summed E-state index contributed by atoms with van der Waals surface area (Å²) in [5.74, 6) is 3.23. The molecule has 0 aliphatic carbocycles. The minimum atomic E-state index is -0.0626. The maximum atomic E-state index is 5.84. The van der Waals surface area contributed by atoms with Crippen molar-refractivity contribution in [2.75, 3.05) is 13.2 Å². The lowest BCUT2D eigenvalue weighted by molar-refractivity contribution is 0.289. The fourth-order valence-electron chi connectivity index (χ4n) is 2.93. The van der Waals surface area contributed by atoms with Crippen LogP contribution in [0.4, 0.5) is 0 Å². The fraction of sp³-hybridized carbons (Fsp3) is 0.520. The molecule has 2 nitrogen and oxygen atoms in total. The summed E-state index contributed by atoms with van der Waals surface area (Å²) < 4.78 is 11.7. The molecule has 2 heteroatoms. The number of rotatable bonds is 10. The standard InChI is InChI=1S/C25H36O2/c1-19(2)15-17-26-23-11-7-21(8-12-23)25(5,6)22-9-13-24(14-10-22)27-18-16-20(3)4/h7-14,19-20H,15-18H2,1-6H3. The normalized spacial score (nSPS) is 11.9. The van der Waals surface area contributed by atoms with Crippen molar-refractivity contribution in [3.05, 3.63) is 59.7 Å². The maximum Gasteiger partial charge on any atom is 0.119 e. The van der Waals surface area contributed by atoms with Gasteiger partial charge in [0.05, 0.1) is 13.2 Å².